The maximum atomic E-state index is 12.9. The van der Waals surface area contributed by atoms with Crippen molar-refractivity contribution in [1.29, 1.82) is 0 Å². The van der Waals surface area contributed by atoms with E-state index in [2.05, 4.69) is 21.2 Å². The Morgan fingerprint density at radius 3 is 2.55 bits per heavy atom. The smallest absolute Gasteiger partial charge is 0.418 e. The number of benzene rings is 1. The number of hydrogen-bond donors (Lipinski definition) is 1. The molecule has 0 aliphatic heterocycles. The highest BCUT2D eigenvalue weighted by atomic mass is 79.9. The fraction of sp³-hybridized carbons (Fsp3) is 0.0833. The van der Waals surface area contributed by atoms with Gasteiger partial charge in [0.1, 0.15) is 0 Å². The highest BCUT2D eigenvalue weighted by Crippen LogP contribution is 2.36. The van der Waals surface area contributed by atoms with Gasteiger partial charge in [0.15, 0.2) is 0 Å². The van der Waals surface area contributed by atoms with E-state index in [4.69, 9.17) is 16.0 Å². The molecule has 0 radical (unpaired) electrons. The predicted molar refractivity (Wildman–Crippen MR) is 70.8 cm³/mol. The van der Waals surface area contributed by atoms with E-state index in [1.165, 1.54) is 18.4 Å². The van der Waals surface area contributed by atoms with Crippen LogP contribution in [-0.2, 0) is 6.18 Å². The molecule has 3 nitrogen and oxygen atoms in total. The van der Waals surface area contributed by atoms with Gasteiger partial charge in [-0.1, -0.05) is 15.9 Å². The van der Waals surface area contributed by atoms with Gasteiger partial charge in [0.25, 0.3) is 5.91 Å². The van der Waals surface area contributed by atoms with Gasteiger partial charge in [0, 0.05) is 4.47 Å². The van der Waals surface area contributed by atoms with Gasteiger partial charge in [-0.05, 0) is 35.9 Å². The number of amides is 1. The van der Waals surface area contributed by atoms with Gasteiger partial charge < -0.3 is 9.73 Å². The van der Waals surface area contributed by atoms with Crippen molar-refractivity contribution in [3.05, 3.63) is 51.3 Å². The van der Waals surface area contributed by atoms with Crippen LogP contribution in [0, 0.1) is 0 Å². The van der Waals surface area contributed by atoms with Crippen LogP contribution >= 0.6 is 27.5 Å². The third-order valence-electron chi connectivity index (χ3n) is 2.40. The van der Waals surface area contributed by atoms with E-state index < -0.39 is 17.6 Å². The van der Waals surface area contributed by atoms with Crippen molar-refractivity contribution < 1.29 is 22.4 Å². The second-order valence-electron chi connectivity index (χ2n) is 3.75. The molecule has 8 heteroatoms. The molecule has 20 heavy (non-hydrogen) atoms. The Hall–Kier alpha value is -1.47. The lowest BCUT2D eigenvalue weighted by Gasteiger charge is -2.13. The molecule has 0 aliphatic rings. The molecule has 0 saturated carbocycles. The number of anilines is 1. The molecule has 0 spiro atoms. The van der Waals surface area contributed by atoms with Crippen molar-refractivity contribution in [3.63, 3.8) is 0 Å². The average molecular weight is 369 g/mol. The Morgan fingerprint density at radius 2 is 2.00 bits per heavy atom. The molecule has 2 rings (SSSR count). The lowest BCUT2D eigenvalue weighted by atomic mass is 10.1. The highest BCUT2D eigenvalue weighted by Gasteiger charge is 2.34. The molecule has 106 valence electrons. The number of furan rings is 1. The summed E-state index contributed by atoms with van der Waals surface area (Å²) in [6.45, 7) is 0. The normalized spacial score (nSPS) is 11.4. The molecule has 1 aromatic heterocycles. The van der Waals surface area contributed by atoms with Crippen LogP contribution in [0.1, 0.15) is 15.9 Å². The van der Waals surface area contributed by atoms with Gasteiger partial charge in [-0.3, -0.25) is 4.79 Å². The summed E-state index contributed by atoms with van der Waals surface area (Å²) in [5.41, 5.74) is -1.36. The number of alkyl halides is 3. The lowest BCUT2D eigenvalue weighted by Crippen LogP contribution is -2.16. The van der Waals surface area contributed by atoms with E-state index in [-0.39, 0.29) is 20.9 Å². The Bertz CT molecular complexity index is 654. The largest absolute Gasteiger partial charge is 0.452 e. The number of halogens is 5. The van der Waals surface area contributed by atoms with Gasteiger partial charge in [0.2, 0.25) is 5.22 Å². The number of rotatable bonds is 2. The third kappa shape index (κ3) is 3.16. The van der Waals surface area contributed by atoms with Gasteiger partial charge in [-0.25, -0.2) is 0 Å². The van der Waals surface area contributed by atoms with Crippen LogP contribution < -0.4 is 5.32 Å². The topological polar surface area (TPSA) is 42.2 Å². The summed E-state index contributed by atoms with van der Waals surface area (Å²) in [6, 6.07) is 4.69. The minimum atomic E-state index is -4.59. The summed E-state index contributed by atoms with van der Waals surface area (Å²) in [5.74, 6) is -0.781. The second-order valence-corrected chi connectivity index (χ2v) is 5.01. The summed E-state index contributed by atoms with van der Waals surface area (Å²) in [7, 11) is 0. The van der Waals surface area contributed by atoms with Gasteiger partial charge in [-0.15, -0.1) is 0 Å². The maximum absolute atomic E-state index is 12.9. The maximum Gasteiger partial charge on any atom is 0.418 e. The molecular weight excluding hydrogens is 362 g/mol. The van der Waals surface area contributed by atoms with Crippen LogP contribution in [0.4, 0.5) is 18.9 Å². The van der Waals surface area contributed by atoms with Crippen LogP contribution in [0.2, 0.25) is 5.22 Å². The number of carbonyl (C=O) groups excluding carboxylic acids is 1. The van der Waals surface area contributed by atoms with Crippen LogP contribution in [-0.4, -0.2) is 5.91 Å². The first-order chi connectivity index (χ1) is 9.29. The summed E-state index contributed by atoms with van der Waals surface area (Å²) in [6.07, 6.45) is -3.42. The SMILES string of the molecule is O=C(Nc1ccc(Br)cc1C(F)(F)F)c1ccoc1Cl. The fourth-order valence-corrected chi connectivity index (χ4v) is 2.07. The van der Waals surface area contributed by atoms with Crippen LogP contribution in [0.5, 0.6) is 0 Å². The van der Waals surface area contributed by atoms with Crippen molar-refractivity contribution in [2.45, 2.75) is 6.18 Å². The Morgan fingerprint density at radius 1 is 1.30 bits per heavy atom. The Kier molecular flexibility index (Phi) is 4.10. The molecule has 0 fully saturated rings. The van der Waals surface area contributed by atoms with Crippen molar-refractivity contribution in [1.82, 2.24) is 0 Å². The zero-order chi connectivity index (χ0) is 14.9. The molecule has 0 bridgehead atoms. The standard InChI is InChI=1S/C12H6BrClF3NO2/c13-6-1-2-9(8(5-6)12(15,16)17)18-11(19)7-3-4-20-10(7)14/h1-5H,(H,18,19). The number of nitrogens with one attached hydrogen (secondary N) is 1. The van der Waals surface area contributed by atoms with Crippen molar-refractivity contribution in [2.24, 2.45) is 0 Å². The van der Waals surface area contributed by atoms with E-state index in [1.54, 1.807) is 0 Å². The van der Waals surface area contributed by atoms with E-state index >= 15 is 0 Å². The fourth-order valence-electron chi connectivity index (χ4n) is 1.51. The molecule has 1 amide bonds. The second kappa shape index (κ2) is 5.49. The minimum absolute atomic E-state index is 0.0392. The van der Waals surface area contributed by atoms with E-state index in [0.717, 1.165) is 12.1 Å². The molecule has 0 aliphatic carbocycles. The molecule has 2 aromatic rings. The lowest BCUT2D eigenvalue weighted by molar-refractivity contribution is -0.136. The number of hydrogen-bond acceptors (Lipinski definition) is 2. The zero-order valence-corrected chi connectivity index (χ0v) is 11.9. The molecule has 1 N–H and O–H groups in total. The first-order valence-corrected chi connectivity index (χ1v) is 6.37. The van der Waals surface area contributed by atoms with Crippen LogP contribution in [0.15, 0.2) is 39.4 Å². The summed E-state index contributed by atoms with van der Waals surface area (Å²) < 4.78 is 43.6. The van der Waals surface area contributed by atoms with Gasteiger partial charge >= 0.3 is 6.18 Å². The van der Waals surface area contributed by atoms with Crippen LogP contribution in [0.3, 0.4) is 0 Å². The Balaban J connectivity index is 2.35. The Labute approximate surface area is 124 Å². The molecule has 0 unspecified atom stereocenters. The molecule has 0 atom stereocenters. The zero-order valence-electron chi connectivity index (χ0n) is 9.59. The van der Waals surface area contributed by atoms with Crippen molar-refractivity contribution in [3.8, 4) is 0 Å². The van der Waals surface area contributed by atoms with Gasteiger partial charge in [-0.2, -0.15) is 13.2 Å². The first-order valence-electron chi connectivity index (χ1n) is 5.20. The van der Waals surface area contributed by atoms with Crippen LogP contribution in [0.25, 0.3) is 0 Å². The van der Waals surface area contributed by atoms with Crippen molar-refractivity contribution >= 4 is 39.1 Å². The first kappa shape index (κ1) is 14.9. The average Bonchev–Trinajstić information content (AvgIpc) is 2.76. The summed E-state index contributed by atoms with van der Waals surface area (Å²) >= 11 is 8.56. The third-order valence-corrected chi connectivity index (χ3v) is 3.18. The molecule has 1 aromatic carbocycles. The number of carbonyl (C=O) groups is 1. The van der Waals surface area contributed by atoms with Crippen molar-refractivity contribution in [2.75, 3.05) is 5.32 Å². The summed E-state index contributed by atoms with van der Waals surface area (Å²) in [5, 5.41) is 1.98. The predicted octanol–water partition coefficient (Wildman–Crippen LogP) is 4.97. The molecule has 0 saturated heterocycles. The quantitative estimate of drug-likeness (QED) is 0.813. The molecular formula is C12H6BrClF3NO2. The van der Waals surface area contributed by atoms with E-state index in [0.29, 0.717) is 0 Å². The van der Waals surface area contributed by atoms with E-state index in [9.17, 15) is 18.0 Å². The monoisotopic (exact) mass is 367 g/mol. The van der Waals surface area contributed by atoms with E-state index in [1.807, 2.05) is 0 Å². The minimum Gasteiger partial charge on any atom is -0.452 e. The summed E-state index contributed by atoms with van der Waals surface area (Å²) in [4.78, 5) is 11.8. The van der Waals surface area contributed by atoms with Gasteiger partial charge in [0.05, 0.1) is 23.1 Å². The highest BCUT2D eigenvalue weighted by molar-refractivity contribution is 9.10. The molecule has 1 heterocycles.